The van der Waals surface area contributed by atoms with Crippen molar-refractivity contribution in [2.45, 2.75) is 44.2 Å². The van der Waals surface area contributed by atoms with E-state index in [1.165, 1.54) is 41.7 Å². The van der Waals surface area contributed by atoms with Gasteiger partial charge in [-0.05, 0) is 37.8 Å². The molecule has 0 bridgehead atoms. The number of carbonyl (C=O) groups excluding carboxylic acids is 1. The number of alkyl halides is 2. The second kappa shape index (κ2) is 9.89. The molecule has 0 unspecified atom stereocenters. The van der Waals surface area contributed by atoms with Crippen LogP contribution in [0.1, 0.15) is 52.8 Å². The number of hydrogen-bond acceptors (Lipinski definition) is 9. The highest BCUT2D eigenvalue weighted by Crippen LogP contribution is 2.36. The molecule has 2 atom stereocenters. The fourth-order valence-electron chi connectivity index (χ4n) is 4.63. The van der Waals surface area contributed by atoms with Crippen molar-refractivity contribution < 1.29 is 18.0 Å². The molecule has 1 amide bonds. The number of hydrogen-bond donors (Lipinski definition) is 1. The van der Waals surface area contributed by atoms with Gasteiger partial charge in [-0.15, -0.1) is 16.1 Å². The molecule has 0 radical (unpaired) electrons. The molecular weight excluding hydrogens is 521 g/mol. The number of imidazole rings is 1. The Morgan fingerprint density at radius 1 is 1.08 bits per heavy atom. The zero-order valence-electron chi connectivity index (χ0n) is 19.6. The molecule has 1 aliphatic rings. The molecule has 0 saturated heterocycles. The van der Waals surface area contributed by atoms with Gasteiger partial charge in [0.1, 0.15) is 11.2 Å². The zero-order chi connectivity index (χ0) is 26.2. The van der Waals surface area contributed by atoms with Crippen molar-refractivity contribution in [2.24, 2.45) is 0 Å². The van der Waals surface area contributed by atoms with Gasteiger partial charge in [-0.3, -0.25) is 4.79 Å². The lowest BCUT2D eigenvalue weighted by Gasteiger charge is -2.31. The van der Waals surface area contributed by atoms with Gasteiger partial charge in [0.2, 0.25) is 0 Å². The van der Waals surface area contributed by atoms with Crippen molar-refractivity contribution in [1.82, 2.24) is 49.8 Å². The van der Waals surface area contributed by atoms with Gasteiger partial charge in [-0.2, -0.15) is 15.2 Å². The van der Waals surface area contributed by atoms with E-state index in [4.69, 9.17) is 0 Å². The highest BCUT2D eigenvalue weighted by Gasteiger charge is 2.31. The Balaban J connectivity index is 1.36. The first-order chi connectivity index (χ1) is 18.5. The van der Waals surface area contributed by atoms with E-state index < -0.39 is 18.1 Å². The second-order valence-electron chi connectivity index (χ2n) is 8.70. The van der Waals surface area contributed by atoms with Crippen LogP contribution in [0.2, 0.25) is 0 Å². The van der Waals surface area contributed by atoms with Gasteiger partial charge in [0.15, 0.2) is 22.3 Å². The van der Waals surface area contributed by atoms with E-state index in [0.717, 1.165) is 12.6 Å². The molecule has 15 heteroatoms. The summed E-state index contributed by atoms with van der Waals surface area (Å²) >= 11 is 0.670. The summed E-state index contributed by atoms with van der Waals surface area (Å²) in [6.07, 6.45) is 6.97. The fourth-order valence-corrected chi connectivity index (χ4v) is 5.30. The lowest BCUT2D eigenvalue weighted by atomic mass is 9.90. The summed E-state index contributed by atoms with van der Waals surface area (Å²) in [5.74, 6) is -0.536. The van der Waals surface area contributed by atoms with E-state index in [1.54, 1.807) is 0 Å². The number of aromatic nitrogens is 9. The molecule has 194 valence electrons. The topological polar surface area (TPSA) is 129 Å². The molecule has 1 saturated carbocycles. The first kappa shape index (κ1) is 24.1. The van der Waals surface area contributed by atoms with Crippen molar-refractivity contribution in [3.05, 3.63) is 58.8 Å². The number of amides is 1. The SMILES string of the molecule is O=C(N[C@H]1CCC[C@@H](n2c(-c3ncccc3F)nc3cnc(-n4nccn4)nc32)C1)c1ncc(C(F)F)s1. The molecule has 5 aromatic rings. The fraction of sp³-hybridized carbons (Fsp3) is 0.304. The third-order valence-electron chi connectivity index (χ3n) is 6.27. The van der Waals surface area contributed by atoms with E-state index in [-0.39, 0.29) is 39.4 Å². The van der Waals surface area contributed by atoms with E-state index in [9.17, 15) is 18.0 Å². The molecule has 1 N–H and O–H groups in total. The molecule has 11 nitrogen and oxygen atoms in total. The van der Waals surface area contributed by atoms with E-state index in [0.29, 0.717) is 41.8 Å². The number of pyridine rings is 1. The van der Waals surface area contributed by atoms with Crippen LogP contribution in [0.5, 0.6) is 0 Å². The predicted molar refractivity (Wildman–Crippen MR) is 129 cm³/mol. The van der Waals surface area contributed by atoms with Crippen molar-refractivity contribution in [3.63, 3.8) is 0 Å². The van der Waals surface area contributed by atoms with Gasteiger partial charge in [-0.1, -0.05) is 0 Å². The number of carbonyl (C=O) groups is 1. The number of rotatable bonds is 6. The Morgan fingerprint density at radius 2 is 1.92 bits per heavy atom. The molecule has 5 aromatic heterocycles. The number of halogens is 3. The number of fused-ring (bicyclic) bond motifs is 1. The molecule has 1 aliphatic carbocycles. The van der Waals surface area contributed by atoms with Crippen molar-refractivity contribution >= 4 is 28.4 Å². The van der Waals surface area contributed by atoms with Gasteiger partial charge in [-0.25, -0.2) is 33.1 Å². The van der Waals surface area contributed by atoms with Gasteiger partial charge < -0.3 is 9.88 Å². The molecule has 6 rings (SSSR count). The Kier molecular flexibility index (Phi) is 6.27. The smallest absolute Gasteiger partial charge is 0.280 e. The maximum absolute atomic E-state index is 14.9. The van der Waals surface area contributed by atoms with Gasteiger partial charge >= 0.3 is 0 Å². The molecular formula is C23H19F3N10OS. The normalized spacial score (nSPS) is 17.8. The van der Waals surface area contributed by atoms with Crippen LogP contribution in [0.25, 0.3) is 28.6 Å². The average Bonchev–Trinajstić information content (AvgIpc) is 3.69. The Labute approximate surface area is 216 Å². The molecule has 0 spiro atoms. The lowest BCUT2D eigenvalue weighted by molar-refractivity contribution is 0.0920. The predicted octanol–water partition coefficient (Wildman–Crippen LogP) is 3.92. The summed E-state index contributed by atoms with van der Waals surface area (Å²) in [5, 5.41) is 11.1. The molecule has 38 heavy (non-hydrogen) atoms. The monoisotopic (exact) mass is 540 g/mol. The van der Waals surface area contributed by atoms with Crippen LogP contribution in [0.3, 0.4) is 0 Å². The Bertz CT molecular complexity index is 1600. The third kappa shape index (κ3) is 4.49. The minimum Gasteiger partial charge on any atom is -0.347 e. The quantitative estimate of drug-likeness (QED) is 0.343. The van der Waals surface area contributed by atoms with Crippen LogP contribution >= 0.6 is 11.3 Å². The number of nitrogens with zero attached hydrogens (tertiary/aromatic N) is 9. The van der Waals surface area contributed by atoms with Crippen molar-refractivity contribution in [2.75, 3.05) is 0 Å². The van der Waals surface area contributed by atoms with Crippen LogP contribution in [-0.2, 0) is 0 Å². The summed E-state index contributed by atoms with van der Waals surface area (Å²) in [6.45, 7) is 0. The third-order valence-corrected chi connectivity index (χ3v) is 7.27. The van der Waals surface area contributed by atoms with E-state index >= 15 is 0 Å². The second-order valence-corrected chi connectivity index (χ2v) is 9.76. The molecule has 0 aliphatic heterocycles. The van der Waals surface area contributed by atoms with Crippen LogP contribution in [0, 0.1) is 5.82 Å². The van der Waals surface area contributed by atoms with Crippen molar-refractivity contribution in [1.29, 1.82) is 0 Å². The van der Waals surface area contributed by atoms with Crippen LogP contribution in [0.15, 0.2) is 43.1 Å². The van der Waals surface area contributed by atoms with Crippen molar-refractivity contribution in [3.8, 4) is 17.5 Å². The zero-order valence-corrected chi connectivity index (χ0v) is 20.4. The summed E-state index contributed by atoms with van der Waals surface area (Å²) in [4.78, 5) is 35.3. The lowest BCUT2D eigenvalue weighted by Crippen LogP contribution is -2.39. The summed E-state index contributed by atoms with van der Waals surface area (Å²) < 4.78 is 42.6. The number of thiazole rings is 1. The van der Waals surface area contributed by atoms with Crippen LogP contribution in [0.4, 0.5) is 13.2 Å². The highest BCUT2D eigenvalue weighted by molar-refractivity contribution is 7.13. The Morgan fingerprint density at radius 3 is 2.68 bits per heavy atom. The van der Waals surface area contributed by atoms with Gasteiger partial charge in [0.05, 0.1) is 23.5 Å². The van der Waals surface area contributed by atoms with E-state index in [2.05, 4.69) is 40.4 Å². The van der Waals surface area contributed by atoms with Crippen LogP contribution in [-0.4, -0.2) is 56.4 Å². The molecule has 1 fully saturated rings. The first-order valence-electron chi connectivity index (χ1n) is 11.7. The minimum absolute atomic E-state index is 0.0177. The molecule has 0 aromatic carbocycles. The summed E-state index contributed by atoms with van der Waals surface area (Å²) in [7, 11) is 0. The first-order valence-corrected chi connectivity index (χ1v) is 12.6. The molecule has 5 heterocycles. The minimum atomic E-state index is -2.68. The summed E-state index contributed by atoms with van der Waals surface area (Å²) in [5.41, 5.74) is 0.956. The maximum atomic E-state index is 14.9. The maximum Gasteiger partial charge on any atom is 0.280 e. The number of nitrogens with one attached hydrogen (secondary N) is 1. The average molecular weight is 541 g/mol. The van der Waals surface area contributed by atoms with Gasteiger partial charge in [0, 0.05) is 24.5 Å². The standard InChI is InChI=1S/C23H19F3N10OS/c24-14-5-2-6-27-17(14)20-33-15-10-29-23(36-30-7-8-31-36)34-19(15)35(20)13-4-1-3-12(9-13)32-21(37)22-28-11-16(38-22)18(25)26/h2,5-8,10-13,18H,1,3-4,9H2,(H,32,37)/t12-,13+/m0/s1. The Hall–Kier alpha value is -4.27. The highest BCUT2D eigenvalue weighted by atomic mass is 32.1. The van der Waals surface area contributed by atoms with Crippen LogP contribution < -0.4 is 5.32 Å². The largest absolute Gasteiger partial charge is 0.347 e. The summed E-state index contributed by atoms with van der Waals surface area (Å²) in [6, 6.07) is 2.31. The van der Waals surface area contributed by atoms with Gasteiger partial charge in [0.25, 0.3) is 18.3 Å². The van der Waals surface area contributed by atoms with E-state index in [1.807, 2.05) is 4.57 Å².